The van der Waals surface area contributed by atoms with Gasteiger partial charge in [-0.3, -0.25) is 9.59 Å². The molecule has 6 nitrogen and oxygen atoms in total. The van der Waals surface area contributed by atoms with Gasteiger partial charge < -0.3 is 19.7 Å². The van der Waals surface area contributed by atoms with Crippen LogP contribution in [0.4, 0.5) is 11.4 Å². The van der Waals surface area contributed by atoms with E-state index in [1.54, 1.807) is 49.5 Å². The van der Waals surface area contributed by atoms with Crippen molar-refractivity contribution < 1.29 is 19.1 Å². The third kappa shape index (κ3) is 3.74. The van der Waals surface area contributed by atoms with Gasteiger partial charge in [0.15, 0.2) is 0 Å². The Labute approximate surface area is 146 Å². The fourth-order valence-corrected chi connectivity index (χ4v) is 2.86. The second kappa shape index (κ2) is 7.25. The zero-order valence-electron chi connectivity index (χ0n) is 14.2. The van der Waals surface area contributed by atoms with Crippen molar-refractivity contribution in [1.29, 1.82) is 0 Å². The molecule has 0 saturated carbocycles. The molecule has 1 aliphatic rings. The largest absolute Gasteiger partial charge is 0.497 e. The van der Waals surface area contributed by atoms with E-state index in [-0.39, 0.29) is 18.2 Å². The predicted octanol–water partition coefficient (Wildman–Crippen LogP) is 2.70. The lowest BCUT2D eigenvalue weighted by atomic mass is 10.1. The van der Waals surface area contributed by atoms with Gasteiger partial charge in [-0.1, -0.05) is 12.1 Å². The molecule has 0 aliphatic carbocycles. The lowest BCUT2D eigenvalue weighted by Crippen LogP contribution is -2.28. The van der Waals surface area contributed by atoms with Gasteiger partial charge in [0.05, 0.1) is 20.1 Å². The van der Waals surface area contributed by atoms with Crippen LogP contribution < -0.4 is 19.7 Å². The number of nitrogens with zero attached hydrogens (tertiary/aromatic N) is 1. The third-order valence-electron chi connectivity index (χ3n) is 4.20. The fourth-order valence-electron chi connectivity index (χ4n) is 2.86. The summed E-state index contributed by atoms with van der Waals surface area (Å²) < 4.78 is 10.3. The van der Waals surface area contributed by atoms with Crippen LogP contribution in [0.3, 0.4) is 0 Å². The maximum atomic E-state index is 12.5. The van der Waals surface area contributed by atoms with Crippen molar-refractivity contribution in [2.75, 3.05) is 31.0 Å². The van der Waals surface area contributed by atoms with Crippen molar-refractivity contribution in [3.8, 4) is 11.5 Å². The molecule has 25 heavy (non-hydrogen) atoms. The maximum Gasteiger partial charge on any atom is 0.229 e. The molecule has 1 fully saturated rings. The third-order valence-corrected chi connectivity index (χ3v) is 4.20. The molecule has 1 heterocycles. The molecular formula is C19H20N2O4. The topological polar surface area (TPSA) is 67.9 Å². The number of nitrogens with one attached hydrogen (secondary N) is 1. The smallest absolute Gasteiger partial charge is 0.229 e. The minimum absolute atomic E-state index is 0.0703. The molecule has 1 atom stereocenters. The van der Waals surface area contributed by atoms with Crippen molar-refractivity contribution in [2.45, 2.75) is 6.42 Å². The maximum absolute atomic E-state index is 12.5. The van der Waals surface area contributed by atoms with Crippen LogP contribution in [0.5, 0.6) is 11.5 Å². The van der Waals surface area contributed by atoms with E-state index in [2.05, 4.69) is 5.32 Å². The fraction of sp³-hybridized carbons (Fsp3) is 0.263. The highest BCUT2D eigenvalue weighted by Gasteiger charge is 2.35. The van der Waals surface area contributed by atoms with Gasteiger partial charge in [-0.15, -0.1) is 0 Å². The van der Waals surface area contributed by atoms with Crippen LogP contribution in [0.25, 0.3) is 0 Å². The van der Waals surface area contributed by atoms with Crippen molar-refractivity contribution in [2.24, 2.45) is 5.92 Å². The van der Waals surface area contributed by atoms with Gasteiger partial charge in [-0.2, -0.15) is 0 Å². The molecule has 1 saturated heterocycles. The highest BCUT2D eigenvalue weighted by atomic mass is 16.5. The molecule has 1 unspecified atom stereocenters. The zero-order chi connectivity index (χ0) is 17.8. The summed E-state index contributed by atoms with van der Waals surface area (Å²) in [4.78, 5) is 26.5. The molecule has 1 aliphatic heterocycles. The van der Waals surface area contributed by atoms with Crippen LogP contribution in [0.15, 0.2) is 48.5 Å². The Bertz CT molecular complexity index is 790. The highest BCUT2D eigenvalue weighted by molar-refractivity contribution is 6.03. The Kier molecular flexibility index (Phi) is 4.88. The molecule has 0 spiro atoms. The van der Waals surface area contributed by atoms with Crippen molar-refractivity contribution in [3.05, 3.63) is 48.5 Å². The van der Waals surface area contributed by atoms with Crippen molar-refractivity contribution >= 4 is 23.2 Å². The minimum Gasteiger partial charge on any atom is -0.497 e. The van der Waals surface area contributed by atoms with Gasteiger partial charge in [0.1, 0.15) is 11.5 Å². The monoisotopic (exact) mass is 340 g/mol. The van der Waals surface area contributed by atoms with E-state index >= 15 is 0 Å². The number of amides is 2. The standard InChI is InChI=1S/C19H20N2O4/c1-24-16-7-3-5-14(10-16)20-19(23)13-9-18(22)21(12-13)15-6-4-8-17(11-15)25-2/h3-8,10-11,13H,9,12H2,1-2H3,(H,20,23). The number of benzene rings is 2. The summed E-state index contributed by atoms with van der Waals surface area (Å²) in [6.45, 7) is 0.349. The Morgan fingerprint density at radius 3 is 2.48 bits per heavy atom. The first-order valence-corrected chi connectivity index (χ1v) is 8.00. The summed E-state index contributed by atoms with van der Waals surface area (Å²) >= 11 is 0. The number of anilines is 2. The van der Waals surface area contributed by atoms with E-state index in [4.69, 9.17) is 9.47 Å². The Morgan fingerprint density at radius 1 is 1.08 bits per heavy atom. The molecule has 0 aromatic heterocycles. The molecule has 1 N–H and O–H groups in total. The Hall–Kier alpha value is -3.02. The van der Waals surface area contributed by atoms with E-state index in [1.807, 2.05) is 18.2 Å². The first-order valence-electron chi connectivity index (χ1n) is 8.00. The second-order valence-electron chi connectivity index (χ2n) is 5.83. The van der Waals surface area contributed by atoms with Gasteiger partial charge in [0.25, 0.3) is 0 Å². The minimum atomic E-state index is -0.398. The summed E-state index contributed by atoms with van der Waals surface area (Å²) in [5, 5.41) is 2.85. The van der Waals surface area contributed by atoms with Gasteiger partial charge in [0.2, 0.25) is 11.8 Å². The first-order chi connectivity index (χ1) is 12.1. The number of ether oxygens (including phenoxy) is 2. The molecule has 6 heteroatoms. The molecule has 130 valence electrons. The Balaban J connectivity index is 1.69. The van der Waals surface area contributed by atoms with Crippen molar-refractivity contribution in [3.63, 3.8) is 0 Å². The quantitative estimate of drug-likeness (QED) is 0.909. The van der Waals surface area contributed by atoms with Crippen LogP contribution in [-0.2, 0) is 9.59 Å². The van der Waals surface area contributed by atoms with Crippen LogP contribution in [-0.4, -0.2) is 32.6 Å². The molecular weight excluding hydrogens is 320 g/mol. The Morgan fingerprint density at radius 2 is 1.76 bits per heavy atom. The van der Waals surface area contributed by atoms with Crippen LogP contribution >= 0.6 is 0 Å². The van der Waals surface area contributed by atoms with Gasteiger partial charge in [0, 0.05) is 36.5 Å². The average Bonchev–Trinajstić information content (AvgIpc) is 3.04. The number of hydrogen-bond donors (Lipinski definition) is 1. The number of methoxy groups -OCH3 is 2. The molecule has 0 bridgehead atoms. The van der Waals surface area contributed by atoms with Crippen LogP contribution in [0, 0.1) is 5.92 Å². The van der Waals surface area contributed by atoms with Gasteiger partial charge >= 0.3 is 0 Å². The number of rotatable bonds is 5. The van der Waals surface area contributed by atoms with E-state index in [1.165, 1.54) is 0 Å². The highest BCUT2D eigenvalue weighted by Crippen LogP contribution is 2.28. The molecule has 3 rings (SSSR count). The molecule has 0 radical (unpaired) electrons. The molecule has 2 aromatic rings. The van der Waals surface area contributed by atoms with Crippen molar-refractivity contribution in [1.82, 2.24) is 0 Å². The van der Waals surface area contributed by atoms with E-state index < -0.39 is 5.92 Å². The average molecular weight is 340 g/mol. The predicted molar refractivity (Wildman–Crippen MR) is 95.1 cm³/mol. The molecule has 2 amide bonds. The summed E-state index contributed by atoms with van der Waals surface area (Å²) in [5.41, 5.74) is 1.39. The lowest BCUT2D eigenvalue weighted by Gasteiger charge is -2.17. The number of carbonyl (C=O) groups excluding carboxylic acids is 2. The normalized spacial score (nSPS) is 16.6. The van der Waals surface area contributed by atoms with Gasteiger partial charge in [-0.25, -0.2) is 0 Å². The SMILES string of the molecule is COc1cccc(NC(=O)C2CC(=O)N(c3cccc(OC)c3)C2)c1. The summed E-state index contributed by atoms with van der Waals surface area (Å²) in [7, 11) is 3.15. The number of carbonyl (C=O) groups is 2. The lowest BCUT2D eigenvalue weighted by molar-refractivity contribution is -0.122. The van der Waals surface area contributed by atoms with Gasteiger partial charge in [-0.05, 0) is 24.3 Å². The zero-order valence-corrected chi connectivity index (χ0v) is 14.2. The van der Waals surface area contributed by atoms with E-state index in [0.29, 0.717) is 23.7 Å². The summed E-state index contributed by atoms with van der Waals surface area (Å²) in [6, 6.07) is 14.4. The second-order valence-corrected chi connectivity index (χ2v) is 5.83. The van der Waals surface area contributed by atoms with Crippen LogP contribution in [0.1, 0.15) is 6.42 Å². The first kappa shape index (κ1) is 16.8. The molecule has 2 aromatic carbocycles. The van der Waals surface area contributed by atoms with E-state index in [0.717, 1.165) is 5.69 Å². The number of hydrogen-bond acceptors (Lipinski definition) is 4. The van der Waals surface area contributed by atoms with Crippen LogP contribution in [0.2, 0.25) is 0 Å². The summed E-state index contributed by atoms with van der Waals surface area (Å²) in [6.07, 6.45) is 0.188. The summed E-state index contributed by atoms with van der Waals surface area (Å²) in [5.74, 6) is 0.698. The van der Waals surface area contributed by atoms with E-state index in [9.17, 15) is 9.59 Å².